The number of likely N-dealkylation sites (tertiary alicyclic amines) is 1. The van der Waals surface area contributed by atoms with Crippen LogP contribution < -0.4 is 10.5 Å². The Hall–Kier alpha value is -2.78. The number of benzene rings is 2. The molecule has 0 saturated carbocycles. The fourth-order valence-electron chi connectivity index (χ4n) is 4.53. The van der Waals surface area contributed by atoms with Crippen molar-refractivity contribution in [1.29, 1.82) is 0 Å². The number of β-amino-alcohol motifs (C(OH)–C–C–N with tert-alkyl or cyclic N) is 1. The molecule has 168 valence electrons. The molecule has 0 amide bonds. The van der Waals surface area contributed by atoms with Crippen molar-refractivity contribution in [3.8, 4) is 16.9 Å². The van der Waals surface area contributed by atoms with Gasteiger partial charge in [0.25, 0.3) is 0 Å². The monoisotopic (exact) mass is 435 g/mol. The van der Waals surface area contributed by atoms with Crippen LogP contribution in [-0.2, 0) is 4.74 Å². The number of morpholine rings is 1. The predicted molar refractivity (Wildman–Crippen MR) is 124 cm³/mol. The summed E-state index contributed by atoms with van der Waals surface area (Å²) in [5.74, 6) is 1.01. The zero-order chi connectivity index (χ0) is 21.9. The van der Waals surface area contributed by atoms with Gasteiger partial charge in [-0.1, -0.05) is 24.3 Å². The molecule has 8 heteroatoms. The number of hydrogen-bond acceptors (Lipinski definition) is 8. The van der Waals surface area contributed by atoms with Crippen LogP contribution in [0.1, 0.15) is 0 Å². The van der Waals surface area contributed by atoms with Crippen LogP contribution in [0.2, 0.25) is 0 Å². The molecule has 2 aliphatic rings. The lowest BCUT2D eigenvalue weighted by Crippen LogP contribution is -2.62. The van der Waals surface area contributed by atoms with E-state index in [0.29, 0.717) is 12.6 Å². The Morgan fingerprint density at radius 1 is 1.06 bits per heavy atom. The molecule has 2 aliphatic heterocycles. The first-order chi connectivity index (χ1) is 15.7. The lowest BCUT2D eigenvalue weighted by atomic mass is 9.99. The molecule has 8 nitrogen and oxygen atoms in total. The lowest BCUT2D eigenvalue weighted by Gasteiger charge is -2.47. The summed E-state index contributed by atoms with van der Waals surface area (Å²) in [6.45, 7) is 6.55. The number of nitrogens with zero attached hydrogens (tertiary/aromatic N) is 4. The summed E-state index contributed by atoms with van der Waals surface area (Å²) in [7, 11) is 0. The van der Waals surface area contributed by atoms with Gasteiger partial charge in [-0.15, -0.1) is 0 Å². The van der Waals surface area contributed by atoms with E-state index < -0.39 is 6.10 Å². The maximum absolute atomic E-state index is 10.5. The number of aliphatic hydroxyl groups excluding tert-OH is 1. The molecule has 0 spiro atoms. The summed E-state index contributed by atoms with van der Waals surface area (Å²) in [4.78, 5) is 13.0. The number of anilines is 1. The molecule has 2 fully saturated rings. The molecule has 3 N–H and O–H groups in total. The van der Waals surface area contributed by atoms with E-state index in [0.717, 1.165) is 67.0 Å². The van der Waals surface area contributed by atoms with Gasteiger partial charge in [0, 0.05) is 62.1 Å². The summed E-state index contributed by atoms with van der Waals surface area (Å²) < 4.78 is 11.5. The Morgan fingerprint density at radius 3 is 2.53 bits per heavy atom. The average Bonchev–Trinajstić information content (AvgIpc) is 2.81. The van der Waals surface area contributed by atoms with Crippen LogP contribution in [0.3, 0.4) is 0 Å². The Labute approximate surface area is 187 Å². The van der Waals surface area contributed by atoms with Crippen molar-refractivity contribution in [3.63, 3.8) is 0 Å². The van der Waals surface area contributed by atoms with E-state index in [2.05, 4.69) is 25.8 Å². The van der Waals surface area contributed by atoms with Gasteiger partial charge in [0.1, 0.15) is 18.5 Å². The third-order valence-corrected chi connectivity index (χ3v) is 6.27. The molecule has 0 bridgehead atoms. The van der Waals surface area contributed by atoms with Crippen LogP contribution in [0.25, 0.3) is 21.9 Å². The SMILES string of the molecule is Nc1ncc(-c2ccc(OCC(O)CN3CC(N4CCOCC4)C3)c3ccccc23)cn1. The van der Waals surface area contributed by atoms with Gasteiger partial charge in [-0.3, -0.25) is 9.80 Å². The summed E-state index contributed by atoms with van der Waals surface area (Å²) in [5.41, 5.74) is 7.54. The molecular formula is C24H29N5O3. The maximum atomic E-state index is 10.5. The first-order valence-corrected chi connectivity index (χ1v) is 11.1. The van der Waals surface area contributed by atoms with Gasteiger partial charge < -0.3 is 20.3 Å². The van der Waals surface area contributed by atoms with Crippen molar-refractivity contribution < 1.29 is 14.6 Å². The summed E-state index contributed by atoms with van der Waals surface area (Å²) in [6, 6.07) is 12.6. The van der Waals surface area contributed by atoms with Crippen molar-refractivity contribution in [2.24, 2.45) is 0 Å². The molecule has 1 aromatic heterocycles. The van der Waals surface area contributed by atoms with Gasteiger partial charge in [-0.25, -0.2) is 9.97 Å². The van der Waals surface area contributed by atoms with Crippen LogP contribution in [0.15, 0.2) is 48.8 Å². The second-order valence-corrected chi connectivity index (χ2v) is 8.47. The van der Waals surface area contributed by atoms with Crippen LogP contribution in [0, 0.1) is 0 Å². The van der Waals surface area contributed by atoms with Gasteiger partial charge in [-0.2, -0.15) is 0 Å². The lowest BCUT2D eigenvalue weighted by molar-refractivity contribution is -0.0461. The molecule has 2 aromatic carbocycles. The van der Waals surface area contributed by atoms with Crippen LogP contribution >= 0.6 is 0 Å². The predicted octanol–water partition coefficient (Wildman–Crippen LogP) is 1.64. The summed E-state index contributed by atoms with van der Waals surface area (Å²) in [5, 5.41) is 12.6. The molecule has 2 saturated heterocycles. The maximum Gasteiger partial charge on any atom is 0.219 e. The van der Waals surface area contributed by atoms with Gasteiger partial charge in [-0.05, 0) is 23.1 Å². The van der Waals surface area contributed by atoms with Crippen molar-refractivity contribution in [1.82, 2.24) is 19.8 Å². The third-order valence-electron chi connectivity index (χ3n) is 6.27. The van der Waals surface area contributed by atoms with E-state index >= 15 is 0 Å². The van der Waals surface area contributed by atoms with Gasteiger partial charge >= 0.3 is 0 Å². The van der Waals surface area contributed by atoms with Gasteiger partial charge in [0.05, 0.1) is 13.2 Å². The van der Waals surface area contributed by atoms with Crippen molar-refractivity contribution in [3.05, 3.63) is 48.8 Å². The number of hydrogen-bond donors (Lipinski definition) is 2. The van der Waals surface area contributed by atoms with E-state index in [1.54, 1.807) is 12.4 Å². The van der Waals surface area contributed by atoms with E-state index in [1.165, 1.54) is 0 Å². The quantitative estimate of drug-likeness (QED) is 0.578. The summed E-state index contributed by atoms with van der Waals surface area (Å²) in [6.07, 6.45) is 2.92. The van der Waals surface area contributed by atoms with E-state index in [9.17, 15) is 5.11 Å². The second-order valence-electron chi connectivity index (χ2n) is 8.47. The number of aromatic nitrogens is 2. The summed E-state index contributed by atoms with van der Waals surface area (Å²) >= 11 is 0. The highest BCUT2D eigenvalue weighted by Gasteiger charge is 2.33. The van der Waals surface area contributed by atoms with Gasteiger partial charge in [0.2, 0.25) is 5.95 Å². The third kappa shape index (κ3) is 4.54. The molecule has 1 unspecified atom stereocenters. The molecule has 3 heterocycles. The van der Waals surface area contributed by atoms with Crippen molar-refractivity contribution >= 4 is 16.7 Å². The Balaban J connectivity index is 1.20. The molecular weight excluding hydrogens is 406 g/mol. The minimum Gasteiger partial charge on any atom is -0.490 e. The minimum atomic E-state index is -0.537. The van der Waals surface area contributed by atoms with Crippen molar-refractivity contribution in [2.45, 2.75) is 12.1 Å². The topological polar surface area (TPSA) is 97.0 Å². The van der Waals surface area contributed by atoms with Gasteiger partial charge in [0.15, 0.2) is 0 Å². The highest BCUT2D eigenvalue weighted by Crippen LogP contribution is 2.34. The number of aliphatic hydroxyl groups is 1. The largest absolute Gasteiger partial charge is 0.490 e. The number of fused-ring (bicyclic) bond motifs is 1. The highest BCUT2D eigenvalue weighted by molar-refractivity contribution is 5.99. The number of nitrogen functional groups attached to an aromatic ring is 1. The normalized spacial score (nSPS) is 19.0. The molecule has 0 radical (unpaired) electrons. The second kappa shape index (κ2) is 9.38. The molecule has 1 atom stereocenters. The zero-order valence-corrected chi connectivity index (χ0v) is 18.1. The fraction of sp³-hybridized carbons (Fsp3) is 0.417. The molecule has 32 heavy (non-hydrogen) atoms. The van der Waals surface area contributed by atoms with E-state index in [1.807, 2.05) is 30.3 Å². The van der Waals surface area contributed by atoms with E-state index in [-0.39, 0.29) is 12.6 Å². The Bertz CT molecular complexity index is 1050. The van der Waals surface area contributed by atoms with Crippen LogP contribution in [0.4, 0.5) is 5.95 Å². The first kappa shape index (κ1) is 21.1. The van der Waals surface area contributed by atoms with Crippen LogP contribution in [-0.4, -0.2) is 89.6 Å². The molecule has 3 aromatic rings. The van der Waals surface area contributed by atoms with Crippen LogP contribution in [0.5, 0.6) is 5.75 Å². The fourth-order valence-corrected chi connectivity index (χ4v) is 4.53. The highest BCUT2D eigenvalue weighted by atomic mass is 16.5. The zero-order valence-electron chi connectivity index (χ0n) is 18.1. The number of ether oxygens (including phenoxy) is 2. The first-order valence-electron chi connectivity index (χ1n) is 11.1. The van der Waals surface area contributed by atoms with Crippen molar-refractivity contribution in [2.75, 3.05) is 58.3 Å². The molecule has 5 rings (SSSR count). The van der Waals surface area contributed by atoms with E-state index in [4.69, 9.17) is 15.2 Å². The molecule has 0 aliphatic carbocycles. The standard InChI is InChI=1S/C24H29N5O3/c25-24-26-11-17(12-27-24)20-5-6-23(22-4-2-1-3-21(20)22)32-16-19(30)15-28-13-18(14-28)29-7-9-31-10-8-29/h1-6,11-12,18-19,30H,7-10,13-16H2,(H2,25,26,27). The average molecular weight is 436 g/mol. The minimum absolute atomic E-state index is 0.255. The number of rotatable bonds is 7. The number of nitrogens with two attached hydrogens (primary N) is 1. The Morgan fingerprint density at radius 2 is 1.78 bits per heavy atom. The smallest absolute Gasteiger partial charge is 0.219 e. The Kier molecular flexibility index (Phi) is 6.18.